The van der Waals surface area contributed by atoms with Crippen LogP contribution in [0.25, 0.3) is 0 Å². The van der Waals surface area contributed by atoms with Gasteiger partial charge in [-0.1, -0.05) is 0 Å². The van der Waals surface area contributed by atoms with E-state index >= 15 is 0 Å². The van der Waals surface area contributed by atoms with E-state index < -0.39 is 24.5 Å². The van der Waals surface area contributed by atoms with Crippen molar-refractivity contribution in [1.82, 2.24) is 0 Å². The molecule has 0 aromatic heterocycles. The monoisotopic (exact) mass is 201 g/mol. The van der Waals surface area contributed by atoms with Crippen LogP contribution in [0, 0.1) is 0 Å². The van der Waals surface area contributed by atoms with Gasteiger partial charge in [0, 0.05) is 6.54 Å². The van der Waals surface area contributed by atoms with Crippen molar-refractivity contribution >= 4 is 0 Å². The average Bonchev–Trinajstić information content (AvgIpc) is 1.98. The quantitative estimate of drug-likeness (QED) is 0.702. The number of hydrogen-bond donors (Lipinski definition) is 2. The van der Waals surface area contributed by atoms with E-state index in [2.05, 4.69) is 4.74 Å². The fourth-order valence-corrected chi connectivity index (χ4v) is 0.458. The number of ether oxygens (including phenoxy) is 1. The van der Waals surface area contributed by atoms with Crippen molar-refractivity contribution in [3.05, 3.63) is 0 Å². The van der Waals surface area contributed by atoms with Crippen molar-refractivity contribution in [2.24, 2.45) is 5.73 Å². The summed E-state index contributed by atoms with van der Waals surface area (Å²) < 4.78 is 40.1. The zero-order valence-corrected chi connectivity index (χ0v) is 7.56. The normalized spacial score (nSPS) is 19.6. The number of halogens is 3. The number of alkyl halides is 3. The molecule has 0 aromatic carbocycles. The molecule has 3 N–H and O–H groups in total. The van der Waals surface area contributed by atoms with E-state index in [-0.39, 0.29) is 6.54 Å². The smallest absolute Gasteiger partial charge is 0.386 e. The molecule has 2 unspecified atom stereocenters. The standard InChI is InChI=1S/C7H14F3NO2/c1-5(7(8,9)10)13-4-6(2,12)3-11/h5,12H,3-4,11H2,1-2H3. The molecule has 0 rings (SSSR count). The van der Waals surface area contributed by atoms with Gasteiger partial charge >= 0.3 is 6.18 Å². The number of rotatable bonds is 4. The molecular weight excluding hydrogens is 187 g/mol. The molecule has 80 valence electrons. The molecule has 0 radical (unpaired) electrons. The predicted octanol–water partition coefficient (Wildman–Crippen LogP) is 0.663. The lowest BCUT2D eigenvalue weighted by Gasteiger charge is -2.24. The molecular formula is C7H14F3NO2. The van der Waals surface area contributed by atoms with Crippen LogP contribution < -0.4 is 5.73 Å². The van der Waals surface area contributed by atoms with Gasteiger partial charge in [-0.25, -0.2) is 0 Å². The molecule has 0 bridgehead atoms. The third kappa shape index (κ3) is 5.07. The van der Waals surface area contributed by atoms with Crippen molar-refractivity contribution in [2.45, 2.75) is 31.7 Å². The summed E-state index contributed by atoms with van der Waals surface area (Å²) in [7, 11) is 0. The van der Waals surface area contributed by atoms with Crippen LogP contribution in [0.2, 0.25) is 0 Å². The molecule has 0 saturated carbocycles. The lowest BCUT2D eigenvalue weighted by Crippen LogP contribution is -2.42. The molecule has 0 fully saturated rings. The van der Waals surface area contributed by atoms with Gasteiger partial charge in [-0.2, -0.15) is 13.2 Å². The number of aliphatic hydroxyl groups is 1. The van der Waals surface area contributed by atoms with E-state index in [0.717, 1.165) is 6.92 Å². The highest BCUT2D eigenvalue weighted by Gasteiger charge is 2.38. The highest BCUT2D eigenvalue weighted by Crippen LogP contribution is 2.22. The molecule has 2 atom stereocenters. The lowest BCUT2D eigenvalue weighted by atomic mass is 10.1. The van der Waals surface area contributed by atoms with Crippen LogP contribution in [0.15, 0.2) is 0 Å². The van der Waals surface area contributed by atoms with Gasteiger partial charge in [0.15, 0.2) is 6.10 Å². The lowest BCUT2D eigenvalue weighted by molar-refractivity contribution is -0.224. The molecule has 0 aromatic rings. The van der Waals surface area contributed by atoms with Gasteiger partial charge in [0.05, 0.1) is 12.2 Å². The summed E-state index contributed by atoms with van der Waals surface area (Å²) in [6.45, 7) is 1.63. The molecule has 0 amide bonds. The van der Waals surface area contributed by atoms with E-state index in [1.807, 2.05) is 0 Å². The first kappa shape index (κ1) is 12.7. The third-order valence-electron chi connectivity index (χ3n) is 1.54. The molecule has 13 heavy (non-hydrogen) atoms. The van der Waals surface area contributed by atoms with Crippen LogP contribution in [0.1, 0.15) is 13.8 Å². The summed E-state index contributed by atoms with van der Waals surface area (Å²) in [5, 5.41) is 9.22. The van der Waals surface area contributed by atoms with Gasteiger partial charge in [0.2, 0.25) is 0 Å². The molecule has 0 spiro atoms. The minimum Gasteiger partial charge on any atom is -0.386 e. The van der Waals surface area contributed by atoms with Gasteiger partial charge in [0.1, 0.15) is 0 Å². The molecule has 6 heteroatoms. The molecule has 0 saturated heterocycles. The van der Waals surface area contributed by atoms with Crippen LogP contribution in [0.3, 0.4) is 0 Å². The van der Waals surface area contributed by atoms with Crippen LogP contribution in [-0.2, 0) is 4.74 Å². The topological polar surface area (TPSA) is 55.5 Å². The predicted molar refractivity (Wildman–Crippen MR) is 41.1 cm³/mol. The fraction of sp³-hybridized carbons (Fsp3) is 1.00. The maximum absolute atomic E-state index is 11.9. The minimum absolute atomic E-state index is 0.141. The molecule has 0 aliphatic rings. The van der Waals surface area contributed by atoms with E-state index in [4.69, 9.17) is 5.73 Å². The van der Waals surface area contributed by atoms with E-state index in [9.17, 15) is 18.3 Å². The highest BCUT2D eigenvalue weighted by molar-refractivity contribution is 4.74. The zero-order valence-electron chi connectivity index (χ0n) is 7.56. The maximum atomic E-state index is 11.9. The summed E-state index contributed by atoms with van der Waals surface area (Å²) in [5.41, 5.74) is 3.69. The van der Waals surface area contributed by atoms with Crippen LogP contribution >= 0.6 is 0 Å². The summed E-state index contributed by atoms with van der Waals surface area (Å²) in [6, 6.07) is 0. The van der Waals surface area contributed by atoms with Crippen molar-refractivity contribution in [3.8, 4) is 0 Å². The van der Waals surface area contributed by atoms with Crippen LogP contribution in [0.5, 0.6) is 0 Å². The Balaban J connectivity index is 3.90. The summed E-state index contributed by atoms with van der Waals surface area (Å²) >= 11 is 0. The number of nitrogens with two attached hydrogens (primary N) is 1. The molecule has 0 aliphatic heterocycles. The van der Waals surface area contributed by atoms with Gasteiger partial charge in [-0.3, -0.25) is 0 Å². The van der Waals surface area contributed by atoms with E-state index in [1.54, 1.807) is 0 Å². The van der Waals surface area contributed by atoms with Gasteiger partial charge < -0.3 is 15.6 Å². The summed E-state index contributed by atoms with van der Waals surface area (Å²) in [4.78, 5) is 0. The summed E-state index contributed by atoms with van der Waals surface area (Å²) in [6.07, 6.45) is -6.28. The van der Waals surface area contributed by atoms with Crippen molar-refractivity contribution in [1.29, 1.82) is 0 Å². The number of hydrogen-bond acceptors (Lipinski definition) is 3. The fourth-order valence-electron chi connectivity index (χ4n) is 0.458. The Morgan fingerprint density at radius 1 is 1.46 bits per heavy atom. The first-order valence-corrected chi connectivity index (χ1v) is 3.80. The Morgan fingerprint density at radius 3 is 2.23 bits per heavy atom. The largest absolute Gasteiger partial charge is 0.414 e. The molecule has 3 nitrogen and oxygen atoms in total. The van der Waals surface area contributed by atoms with E-state index in [1.165, 1.54) is 6.92 Å². The van der Waals surface area contributed by atoms with E-state index in [0.29, 0.717) is 0 Å². The van der Waals surface area contributed by atoms with Gasteiger partial charge in [0.25, 0.3) is 0 Å². The summed E-state index contributed by atoms with van der Waals surface area (Å²) in [5.74, 6) is 0. The maximum Gasteiger partial charge on any atom is 0.414 e. The average molecular weight is 201 g/mol. The van der Waals surface area contributed by atoms with Gasteiger partial charge in [-0.05, 0) is 13.8 Å². The van der Waals surface area contributed by atoms with Crippen LogP contribution in [0.4, 0.5) is 13.2 Å². The third-order valence-corrected chi connectivity index (χ3v) is 1.54. The van der Waals surface area contributed by atoms with Crippen molar-refractivity contribution < 1.29 is 23.0 Å². The second kappa shape index (κ2) is 4.26. The van der Waals surface area contributed by atoms with Crippen molar-refractivity contribution in [2.75, 3.05) is 13.2 Å². The Labute approximate surface area is 74.7 Å². The first-order chi connectivity index (χ1) is 5.69. The second-order valence-corrected chi connectivity index (χ2v) is 3.20. The van der Waals surface area contributed by atoms with Crippen molar-refractivity contribution in [3.63, 3.8) is 0 Å². The minimum atomic E-state index is -4.40. The van der Waals surface area contributed by atoms with Gasteiger partial charge in [-0.15, -0.1) is 0 Å². The van der Waals surface area contributed by atoms with Crippen LogP contribution in [-0.4, -0.2) is 36.1 Å². The molecule has 0 aliphatic carbocycles. The first-order valence-electron chi connectivity index (χ1n) is 3.80. The Morgan fingerprint density at radius 2 is 1.92 bits per heavy atom. The zero-order chi connectivity index (χ0) is 10.7. The molecule has 0 heterocycles. The SMILES string of the molecule is CC(OCC(C)(O)CN)C(F)(F)F. The Hall–Kier alpha value is -0.330. The second-order valence-electron chi connectivity index (χ2n) is 3.20. The highest BCUT2D eigenvalue weighted by atomic mass is 19.4. The Kier molecular flexibility index (Phi) is 4.15. The Bertz CT molecular complexity index is 158.